The molecular formula is C24H24ClN3O2. The molecule has 0 saturated heterocycles. The van der Waals surface area contributed by atoms with E-state index in [0.29, 0.717) is 35.7 Å². The van der Waals surface area contributed by atoms with Crippen LogP contribution in [0.2, 0.25) is 5.02 Å². The Morgan fingerprint density at radius 1 is 1.00 bits per heavy atom. The Labute approximate surface area is 181 Å². The van der Waals surface area contributed by atoms with Crippen LogP contribution in [0.15, 0.2) is 54.9 Å². The number of halogens is 1. The van der Waals surface area contributed by atoms with Gasteiger partial charge in [0.2, 0.25) is 5.91 Å². The number of hydrogen-bond donors (Lipinski definition) is 0. The summed E-state index contributed by atoms with van der Waals surface area (Å²) in [5.41, 5.74) is 4.82. The molecule has 0 N–H and O–H groups in total. The standard InChI is InChI=1S/C24H24ClN3O2/c1-4-24(30)28(3)22-11-9-18(13-20(22)25)19-8-10-21(27-15-19)23(29)12-7-17-6-5-16(2)26-14-17/h5-6,8-11,13-15H,4,7,12H2,1-3H3. The van der Waals surface area contributed by atoms with Gasteiger partial charge in [0, 0.05) is 43.5 Å². The van der Waals surface area contributed by atoms with Gasteiger partial charge in [-0.3, -0.25) is 19.6 Å². The zero-order valence-electron chi connectivity index (χ0n) is 17.4. The van der Waals surface area contributed by atoms with Gasteiger partial charge in [-0.2, -0.15) is 0 Å². The first-order chi connectivity index (χ1) is 14.4. The SMILES string of the molecule is CCC(=O)N(C)c1ccc(-c2ccc(C(=O)CCc3ccc(C)nc3)nc2)cc1Cl. The fourth-order valence-electron chi connectivity index (χ4n) is 3.09. The van der Waals surface area contributed by atoms with E-state index in [0.717, 1.165) is 22.4 Å². The second kappa shape index (κ2) is 9.63. The van der Waals surface area contributed by atoms with Gasteiger partial charge in [0.25, 0.3) is 0 Å². The molecule has 30 heavy (non-hydrogen) atoms. The topological polar surface area (TPSA) is 63.2 Å². The lowest BCUT2D eigenvalue weighted by Crippen LogP contribution is -2.25. The molecule has 2 aromatic heterocycles. The van der Waals surface area contributed by atoms with E-state index < -0.39 is 0 Å². The van der Waals surface area contributed by atoms with Crippen molar-refractivity contribution in [3.05, 3.63) is 76.8 Å². The molecule has 3 rings (SSSR count). The number of hydrogen-bond acceptors (Lipinski definition) is 4. The van der Waals surface area contributed by atoms with Crippen LogP contribution in [0.5, 0.6) is 0 Å². The normalized spacial score (nSPS) is 10.7. The molecule has 6 heteroatoms. The molecule has 1 amide bonds. The third-order valence-corrected chi connectivity index (χ3v) is 5.28. The fraction of sp³-hybridized carbons (Fsp3) is 0.250. The van der Waals surface area contributed by atoms with Crippen molar-refractivity contribution in [3.63, 3.8) is 0 Å². The summed E-state index contributed by atoms with van der Waals surface area (Å²) in [6.45, 7) is 3.75. The zero-order chi connectivity index (χ0) is 21.7. The molecule has 0 atom stereocenters. The molecule has 0 spiro atoms. The lowest BCUT2D eigenvalue weighted by Gasteiger charge is -2.18. The van der Waals surface area contributed by atoms with Crippen LogP contribution in [0, 0.1) is 6.92 Å². The number of pyridine rings is 2. The average Bonchev–Trinajstić information content (AvgIpc) is 2.77. The highest BCUT2D eigenvalue weighted by molar-refractivity contribution is 6.34. The average molecular weight is 422 g/mol. The number of benzene rings is 1. The van der Waals surface area contributed by atoms with Crippen molar-refractivity contribution < 1.29 is 9.59 Å². The van der Waals surface area contributed by atoms with E-state index in [1.54, 1.807) is 36.5 Å². The van der Waals surface area contributed by atoms with Crippen molar-refractivity contribution >= 4 is 29.0 Å². The van der Waals surface area contributed by atoms with E-state index in [-0.39, 0.29) is 11.7 Å². The van der Waals surface area contributed by atoms with Crippen LogP contribution in [0.3, 0.4) is 0 Å². The Kier molecular flexibility index (Phi) is 6.95. The van der Waals surface area contributed by atoms with Gasteiger partial charge in [-0.25, -0.2) is 0 Å². The number of rotatable bonds is 7. The third kappa shape index (κ3) is 5.10. The van der Waals surface area contributed by atoms with Crippen molar-refractivity contribution in [2.45, 2.75) is 33.1 Å². The summed E-state index contributed by atoms with van der Waals surface area (Å²) >= 11 is 6.39. The minimum Gasteiger partial charge on any atom is -0.314 e. The van der Waals surface area contributed by atoms with Crippen LogP contribution in [0.25, 0.3) is 11.1 Å². The lowest BCUT2D eigenvalue weighted by atomic mass is 10.0. The van der Waals surface area contributed by atoms with Crippen LogP contribution in [-0.2, 0) is 11.2 Å². The zero-order valence-corrected chi connectivity index (χ0v) is 18.1. The van der Waals surface area contributed by atoms with Gasteiger partial charge in [-0.1, -0.05) is 36.7 Å². The highest BCUT2D eigenvalue weighted by Gasteiger charge is 2.14. The number of carbonyl (C=O) groups excluding carboxylic acids is 2. The largest absolute Gasteiger partial charge is 0.314 e. The highest BCUT2D eigenvalue weighted by atomic mass is 35.5. The molecule has 5 nitrogen and oxygen atoms in total. The quantitative estimate of drug-likeness (QED) is 0.486. The first-order valence-electron chi connectivity index (χ1n) is 9.86. The number of carbonyl (C=O) groups is 2. The molecule has 154 valence electrons. The maximum absolute atomic E-state index is 12.5. The molecule has 0 aliphatic rings. The summed E-state index contributed by atoms with van der Waals surface area (Å²) in [5.74, 6) is -0.00851. The molecule has 1 aromatic carbocycles. The van der Waals surface area contributed by atoms with Gasteiger partial charge >= 0.3 is 0 Å². The van der Waals surface area contributed by atoms with E-state index in [9.17, 15) is 9.59 Å². The number of nitrogens with zero attached hydrogens (tertiary/aromatic N) is 3. The Bertz CT molecular complexity index is 1050. The van der Waals surface area contributed by atoms with Crippen LogP contribution in [0.4, 0.5) is 5.69 Å². The number of aryl methyl sites for hydroxylation is 2. The molecule has 0 aliphatic carbocycles. The van der Waals surface area contributed by atoms with Gasteiger partial charge in [-0.15, -0.1) is 0 Å². The predicted octanol–water partition coefficient (Wildman–Crippen LogP) is 5.29. The van der Waals surface area contributed by atoms with Gasteiger partial charge < -0.3 is 4.90 Å². The van der Waals surface area contributed by atoms with Crippen LogP contribution < -0.4 is 4.90 Å². The van der Waals surface area contributed by atoms with E-state index in [4.69, 9.17) is 11.6 Å². The Morgan fingerprint density at radius 2 is 1.77 bits per heavy atom. The minimum atomic E-state index is -0.00444. The molecule has 2 heterocycles. The van der Waals surface area contributed by atoms with Crippen molar-refractivity contribution in [3.8, 4) is 11.1 Å². The van der Waals surface area contributed by atoms with Gasteiger partial charge in [-0.05, 0) is 48.7 Å². The summed E-state index contributed by atoms with van der Waals surface area (Å²) in [7, 11) is 1.71. The van der Waals surface area contributed by atoms with E-state index >= 15 is 0 Å². The van der Waals surface area contributed by atoms with Gasteiger partial charge in [0.05, 0.1) is 10.7 Å². The molecule has 0 radical (unpaired) electrons. The first kappa shape index (κ1) is 21.7. The molecule has 0 bridgehead atoms. The fourth-order valence-corrected chi connectivity index (χ4v) is 3.40. The first-order valence-corrected chi connectivity index (χ1v) is 10.2. The lowest BCUT2D eigenvalue weighted by molar-refractivity contribution is -0.118. The Hall–Kier alpha value is -3.05. The maximum Gasteiger partial charge on any atom is 0.226 e. The number of anilines is 1. The third-order valence-electron chi connectivity index (χ3n) is 4.98. The summed E-state index contributed by atoms with van der Waals surface area (Å²) in [5, 5.41) is 0.490. The second-order valence-corrected chi connectivity index (χ2v) is 7.54. The Morgan fingerprint density at radius 3 is 2.37 bits per heavy atom. The molecule has 0 fully saturated rings. The smallest absolute Gasteiger partial charge is 0.226 e. The molecule has 0 saturated carbocycles. The summed E-state index contributed by atoms with van der Waals surface area (Å²) < 4.78 is 0. The Balaban J connectivity index is 1.69. The number of ketones is 1. The van der Waals surface area contributed by atoms with Crippen molar-refractivity contribution in [2.24, 2.45) is 0 Å². The van der Waals surface area contributed by atoms with Crippen LogP contribution in [-0.4, -0.2) is 28.7 Å². The van der Waals surface area contributed by atoms with E-state index in [1.807, 2.05) is 44.2 Å². The number of Topliss-reactive ketones (excluding diaryl/α,β-unsaturated/α-hetero) is 1. The summed E-state index contributed by atoms with van der Waals surface area (Å²) in [6, 6.07) is 13.0. The maximum atomic E-state index is 12.5. The van der Waals surface area contributed by atoms with Crippen molar-refractivity contribution in [1.82, 2.24) is 9.97 Å². The minimum absolute atomic E-state index is 0.00407. The molecule has 0 aliphatic heterocycles. The monoisotopic (exact) mass is 421 g/mol. The van der Waals surface area contributed by atoms with Crippen molar-refractivity contribution in [2.75, 3.05) is 11.9 Å². The summed E-state index contributed by atoms with van der Waals surface area (Å²) in [6.07, 6.45) is 4.91. The molecule has 3 aromatic rings. The number of amides is 1. The van der Waals surface area contributed by atoms with Crippen LogP contribution in [0.1, 0.15) is 41.5 Å². The second-order valence-electron chi connectivity index (χ2n) is 7.14. The molecule has 0 unspecified atom stereocenters. The highest BCUT2D eigenvalue weighted by Crippen LogP contribution is 2.31. The van der Waals surface area contributed by atoms with Gasteiger partial charge in [0.1, 0.15) is 5.69 Å². The molecular weight excluding hydrogens is 398 g/mol. The predicted molar refractivity (Wildman–Crippen MR) is 120 cm³/mol. The van der Waals surface area contributed by atoms with Gasteiger partial charge in [0.15, 0.2) is 5.78 Å². The number of aromatic nitrogens is 2. The van der Waals surface area contributed by atoms with Crippen molar-refractivity contribution in [1.29, 1.82) is 0 Å². The summed E-state index contributed by atoms with van der Waals surface area (Å²) in [4.78, 5) is 34.5. The van der Waals surface area contributed by atoms with E-state index in [2.05, 4.69) is 9.97 Å². The van der Waals surface area contributed by atoms with E-state index in [1.165, 1.54) is 0 Å². The van der Waals surface area contributed by atoms with Crippen LogP contribution >= 0.6 is 11.6 Å².